The number of thiazole rings is 1. The molecule has 0 spiro atoms. The molecule has 0 bridgehead atoms. The Morgan fingerprint density at radius 2 is 2.04 bits per heavy atom. The van der Waals surface area contributed by atoms with Crippen molar-refractivity contribution in [1.29, 1.82) is 0 Å². The molecule has 6 heteroatoms. The van der Waals surface area contributed by atoms with E-state index in [2.05, 4.69) is 48.0 Å². The molecular formula is C17H22N4OS. The Kier molecular flexibility index (Phi) is 4.26. The molecule has 1 atom stereocenters. The summed E-state index contributed by atoms with van der Waals surface area (Å²) in [4.78, 5) is 21.9. The minimum absolute atomic E-state index is 0.0497. The number of carbonyl (C=O) groups is 1. The third-order valence-electron chi connectivity index (χ3n) is 4.35. The molecule has 23 heavy (non-hydrogen) atoms. The van der Waals surface area contributed by atoms with Crippen molar-refractivity contribution in [3.63, 3.8) is 0 Å². The van der Waals surface area contributed by atoms with Crippen molar-refractivity contribution < 1.29 is 4.79 Å². The molecule has 2 aromatic rings. The number of hydrogen-bond donors (Lipinski definition) is 1. The minimum atomic E-state index is 0.0497. The van der Waals surface area contributed by atoms with Crippen LogP contribution in [0.5, 0.6) is 0 Å². The van der Waals surface area contributed by atoms with Crippen molar-refractivity contribution in [2.24, 2.45) is 0 Å². The Morgan fingerprint density at radius 3 is 2.65 bits per heavy atom. The van der Waals surface area contributed by atoms with Crippen LogP contribution in [0.15, 0.2) is 24.3 Å². The van der Waals surface area contributed by atoms with Crippen LogP contribution in [0, 0.1) is 13.8 Å². The van der Waals surface area contributed by atoms with Crippen LogP contribution in [-0.4, -0.2) is 41.5 Å². The summed E-state index contributed by atoms with van der Waals surface area (Å²) in [6.45, 7) is 8.46. The normalized spacial score (nSPS) is 18.3. The molecule has 122 valence electrons. The maximum atomic E-state index is 12.8. The van der Waals surface area contributed by atoms with Crippen LogP contribution in [0.3, 0.4) is 0 Å². The van der Waals surface area contributed by atoms with E-state index in [9.17, 15) is 4.79 Å². The van der Waals surface area contributed by atoms with Crippen molar-refractivity contribution in [1.82, 2.24) is 9.88 Å². The van der Waals surface area contributed by atoms with Crippen LogP contribution in [0.2, 0.25) is 0 Å². The molecular weight excluding hydrogens is 308 g/mol. The lowest BCUT2D eigenvalue weighted by molar-refractivity contribution is 0.0678. The molecule has 2 N–H and O–H groups in total. The molecule has 0 saturated carbocycles. The van der Waals surface area contributed by atoms with E-state index < -0.39 is 0 Å². The molecule has 1 aliphatic heterocycles. The number of anilines is 2. The lowest BCUT2D eigenvalue weighted by Gasteiger charge is -2.41. The first-order valence-electron chi connectivity index (χ1n) is 7.82. The van der Waals surface area contributed by atoms with Gasteiger partial charge in [-0.2, -0.15) is 0 Å². The number of hydrogen-bond acceptors (Lipinski definition) is 5. The van der Waals surface area contributed by atoms with E-state index in [1.54, 1.807) is 0 Å². The van der Waals surface area contributed by atoms with Crippen LogP contribution >= 0.6 is 11.3 Å². The Bertz CT molecular complexity index is 727. The van der Waals surface area contributed by atoms with Crippen LogP contribution < -0.4 is 10.6 Å². The molecule has 0 aliphatic carbocycles. The summed E-state index contributed by atoms with van der Waals surface area (Å²) in [5.41, 5.74) is 8.98. The fraction of sp³-hybridized carbons (Fsp3) is 0.412. The van der Waals surface area contributed by atoms with Gasteiger partial charge >= 0.3 is 0 Å². The molecule has 0 radical (unpaired) electrons. The van der Waals surface area contributed by atoms with Crippen molar-refractivity contribution in [3.8, 4) is 0 Å². The fourth-order valence-electron chi connectivity index (χ4n) is 3.14. The maximum Gasteiger partial charge on any atom is 0.266 e. The Labute approximate surface area is 140 Å². The lowest BCUT2D eigenvalue weighted by atomic mass is 10.1. The third-order valence-corrected chi connectivity index (χ3v) is 5.33. The second kappa shape index (κ2) is 6.20. The summed E-state index contributed by atoms with van der Waals surface area (Å²) in [6.07, 6.45) is 0. The molecule has 0 unspecified atom stereocenters. The van der Waals surface area contributed by atoms with E-state index in [0.29, 0.717) is 16.6 Å². The van der Waals surface area contributed by atoms with Gasteiger partial charge in [0.15, 0.2) is 5.13 Å². The summed E-state index contributed by atoms with van der Waals surface area (Å²) in [7, 11) is 0. The van der Waals surface area contributed by atoms with Gasteiger partial charge in [0.25, 0.3) is 5.91 Å². The predicted molar refractivity (Wildman–Crippen MR) is 95.2 cm³/mol. The van der Waals surface area contributed by atoms with Gasteiger partial charge in [-0.3, -0.25) is 4.79 Å². The van der Waals surface area contributed by atoms with E-state index >= 15 is 0 Å². The van der Waals surface area contributed by atoms with Gasteiger partial charge in [-0.1, -0.05) is 29.5 Å². The predicted octanol–water partition coefficient (Wildman–Crippen LogP) is 2.69. The highest BCUT2D eigenvalue weighted by Crippen LogP contribution is 2.26. The number of nitrogen functional groups attached to an aromatic ring is 1. The maximum absolute atomic E-state index is 12.8. The largest absolute Gasteiger partial charge is 0.375 e. The summed E-state index contributed by atoms with van der Waals surface area (Å²) >= 11 is 1.28. The molecule has 1 fully saturated rings. The summed E-state index contributed by atoms with van der Waals surface area (Å²) in [5.74, 6) is 0.0497. The van der Waals surface area contributed by atoms with Gasteiger partial charge in [0.2, 0.25) is 0 Å². The van der Waals surface area contributed by atoms with Crippen LogP contribution in [-0.2, 0) is 0 Å². The van der Waals surface area contributed by atoms with Crippen LogP contribution in [0.25, 0.3) is 0 Å². The van der Waals surface area contributed by atoms with Gasteiger partial charge in [0, 0.05) is 31.4 Å². The number of para-hydroxylation sites is 1. The number of piperazine rings is 1. The highest BCUT2D eigenvalue weighted by molar-refractivity contribution is 7.17. The first-order chi connectivity index (χ1) is 11.0. The fourth-order valence-corrected chi connectivity index (χ4v) is 3.93. The standard InChI is InChI=1S/C17H22N4OS/c1-11-6-4-5-7-14(11)20-8-9-21(12(2)10-20)16(22)15-13(3)19-17(18)23-15/h4-7,12H,8-10H2,1-3H3,(H2,18,19)/t12-/m1/s1. The zero-order chi connectivity index (χ0) is 16.6. The molecule has 1 amide bonds. The van der Waals surface area contributed by atoms with Crippen LogP contribution in [0.4, 0.5) is 10.8 Å². The average molecular weight is 330 g/mol. The highest BCUT2D eigenvalue weighted by Gasteiger charge is 2.30. The second-order valence-electron chi connectivity index (χ2n) is 6.05. The number of amides is 1. The van der Waals surface area contributed by atoms with Crippen molar-refractivity contribution in [2.75, 3.05) is 30.3 Å². The monoisotopic (exact) mass is 330 g/mol. The Hall–Kier alpha value is -2.08. The van der Waals surface area contributed by atoms with E-state index in [-0.39, 0.29) is 11.9 Å². The highest BCUT2D eigenvalue weighted by atomic mass is 32.1. The summed E-state index contributed by atoms with van der Waals surface area (Å²) < 4.78 is 0. The van der Waals surface area contributed by atoms with Crippen molar-refractivity contribution >= 4 is 28.1 Å². The number of nitrogens with zero attached hydrogens (tertiary/aromatic N) is 3. The van der Waals surface area contributed by atoms with Gasteiger partial charge < -0.3 is 15.5 Å². The first kappa shape index (κ1) is 15.8. The molecule has 1 aromatic carbocycles. The van der Waals surface area contributed by atoms with E-state index in [4.69, 9.17) is 5.73 Å². The van der Waals surface area contributed by atoms with Gasteiger partial charge in [-0.25, -0.2) is 4.98 Å². The SMILES string of the molecule is Cc1ccccc1N1CCN(C(=O)c2sc(N)nc2C)[C@H](C)C1. The molecule has 1 saturated heterocycles. The number of aromatic nitrogens is 1. The van der Waals surface area contributed by atoms with E-state index in [1.165, 1.54) is 22.6 Å². The van der Waals surface area contributed by atoms with E-state index in [1.807, 2.05) is 11.8 Å². The number of benzene rings is 1. The summed E-state index contributed by atoms with van der Waals surface area (Å²) in [6, 6.07) is 8.54. The molecule has 2 heterocycles. The Balaban J connectivity index is 1.75. The van der Waals surface area contributed by atoms with Gasteiger partial charge in [-0.15, -0.1) is 0 Å². The zero-order valence-corrected chi connectivity index (χ0v) is 14.6. The van der Waals surface area contributed by atoms with Crippen molar-refractivity contribution in [2.45, 2.75) is 26.8 Å². The van der Waals surface area contributed by atoms with E-state index in [0.717, 1.165) is 18.8 Å². The first-order valence-corrected chi connectivity index (χ1v) is 8.63. The number of aryl methyl sites for hydroxylation is 2. The zero-order valence-electron chi connectivity index (χ0n) is 13.7. The Morgan fingerprint density at radius 1 is 1.30 bits per heavy atom. The van der Waals surface area contributed by atoms with Gasteiger partial charge in [-0.05, 0) is 32.4 Å². The quantitative estimate of drug-likeness (QED) is 0.919. The van der Waals surface area contributed by atoms with Crippen molar-refractivity contribution in [3.05, 3.63) is 40.4 Å². The number of carbonyl (C=O) groups excluding carboxylic acids is 1. The number of rotatable bonds is 2. The lowest BCUT2D eigenvalue weighted by Crippen LogP contribution is -2.54. The second-order valence-corrected chi connectivity index (χ2v) is 7.08. The molecule has 5 nitrogen and oxygen atoms in total. The smallest absolute Gasteiger partial charge is 0.266 e. The topological polar surface area (TPSA) is 62.5 Å². The third kappa shape index (κ3) is 3.03. The molecule has 3 rings (SSSR count). The minimum Gasteiger partial charge on any atom is -0.375 e. The molecule has 1 aliphatic rings. The molecule has 1 aromatic heterocycles. The van der Waals surface area contributed by atoms with Crippen LogP contribution in [0.1, 0.15) is 27.9 Å². The number of nitrogens with two attached hydrogens (primary N) is 1. The van der Waals surface area contributed by atoms with Gasteiger partial charge in [0.05, 0.1) is 5.69 Å². The summed E-state index contributed by atoms with van der Waals surface area (Å²) in [5, 5.41) is 0.456. The van der Waals surface area contributed by atoms with Gasteiger partial charge in [0.1, 0.15) is 4.88 Å². The average Bonchev–Trinajstić information content (AvgIpc) is 2.85.